The molecule has 7 rings (SSSR count). The van der Waals surface area contributed by atoms with E-state index < -0.39 is 0 Å². The zero-order valence-electron chi connectivity index (χ0n) is 24.6. The van der Waals surface area contributed by atoms with E-state index in [4.69, 9.17) is 0 Å². The molecule has 0 saturated carbocycles. The van der Waals surface area contributed by atoms with Gasteiger partial charge in [0.15, 0.2) is 0 Å². The lowest BCUT2D eigenvalue weighted by molar-refractivity contribution is 1.32. The van der Waals surface area contributed by atoms with Crippen LogP contribution in [0.25, 0.3) is 22.5 Å². The van der Waals surface area contributed by atoms with Gasteiger partial charge in [-0.15, -0.1) is 0 Å². The Bertz CT molecular complexity index is 1890. The summed E-state index contributed by atoms with van der Waals surface area (Å²) < 4.78 is 2.30. The van der Waals surface area contributed by atoms with E-state index >= 15 is 0 Å². The van der Waals surface area contributed by atoms with Crippen LogP contribution < -0.4 is 15.4 Å². The monoisotopic (exact) mass is 601 g/mol. The van der Waals surface area contributed by atoms with Crippen molar-refractivity contribution in [3.63, 3.8) is 0 Å². The smallest absolute Gasteiger partial charge is 0.0811 e. The largest absolute Gasteiger partial charge is 0.356 e. The van der Waals surface area contributed by atoms with E-state index in [0.29, 0.717) is 8.73 Å². The maximum atomic E-state index is 4.51. The normalized spacial score (nSPS) is 10.6. The van der Waals surface area contributed by atoms with Crippen LogP contribution in [-0.2, 0) is 0 Å². The molecule has 0 radical (unpaired) electrons. The highest BCUT2D eigenvalue weighted by molar-refractivity contribution is 7.49. The van der Waals surface area contributed by atoms with Crippen molar-refractivity contribution in [1.82, 2.24) is 15.0 Å². The number of anilines is 4. The molecule has 5 nitrogen and oxygen atoms in total. The van der Waals surface area contributed by atoms with E-state index in [2.05, 4.69) is 97.7 Å². The summed E-state index contributed by atoms with van der Waals surface area (Å²) in [6.45, 7) is 0. The van der Waals surface area contributed by atoms with Crippen LogP contribution in [0.2, 0.25) is 0 Å². The molecule has 0 spiro atoms. The second-order valence-corrected chi connectivity index (χ2v) is 11.2. The summed E-state index contributed by atoms with van der Waals surface area (Å²) in [4.78, 5) is 13.4. The first kappa shape index (κ1) is 29.4. The molecule has 0 aliphatic rings. The molecular weight excluding hydrogens is 569 g/mol. The van der Waals surface area contributed by atoms with Crippen LogP contribution in [0.4, 0.5) is 22.7 Å². The predicted molar refractivity (Wildman–Crippen MR) is 190 cm³/mol. The Hall–Kier alpha value is -5.64. The van der Waals surface area contributed by atoms with Gasteiger partial charge in [-0.25, -0.2) is 0 Å². The molecule has 0 aliphatic carbocycles. The molecule has 0 saturated heterocycles. The molecule has 3 heterocycles. The van der Waals surface area contributed by atoms with E-state index in [0.717, 1.165) is 50.7 Å². The number of para-hydroxylation sites is 2. The minimum Gasteiger partial charge on any atom is -0.356 e. The molecule has 0 bridgehead atoms. The second kappa shape index (κ2) is 15.2. The molecule has 1 atom stereocenters. The zero-order valence-corrected chi connectivity index (χ0v) is 25.6. The Morgan fingerprint density at radius 3 is 1.58 bits per heavy atom. The summed E-state index contributed by atoms with van der Waals surface area (Å²) in [5, 5.41) is 3.39. The maximum Gasteiger partial charge on any atom is 0.0811 e. The minimum absolute atomic E-state index is 0.406. The lowest BCUT2D eigenvalue weighted by Gasteiger charge is -2.25. The van der Waals surface area contributed by atoms with Crippen LogP contribution in [0.5, 0.6) is 0 Å². The molecule has 1 unspecified atom stereocenters. The van der Waals surface area contributed by atoms with E-state index in [-0.39, 0.29) is 0 Å². The summed E-state index contributed by atoms with van der Waals surface area (Å²) in [7, 11) is 0.406. The Balaban J connectivity index is 0.000000167. The van der Waals surface area contributed by atoms with Crippen molar-refractivity contribution in [2.75, 3.05) is 9.99 Å². The zero-order chi connectivity index (χ0) is 30.5. The fraction of sp³-hybridized carbons (Fsp3) is 0. The maximum absolute atomic E-state index is 4.51. The summed E-state index contributed by atoms with van der Waals surface area (Å²) in [5.74, 6) is 0. The number of benzene rings is 4. The number of hydrogen-bond acceptors (Lipinski definition) is 5. The van der Waals surface area contributed by atoms with Crippen molar-refractivity contribution < 1.29 is 0 Å². The average molecular weight is 602 g/mol. The van der Waals surface area contributed by atoms with Gasteiger partial charge >= 0.3 is 0 Å². The number of nitrogens with zero attached hydrogens (tertiary/aromatic N) is 4. The highest BCUT2D eigenvalue weighted by atomic mass is 31.1. The third-order valence-electron chi connectivity index (χ3n) is 6.86. The van der Waals surface area contributed by atoms with Crippen molar-refractivity contribution in [2.45, 2.75) is 0 Å². The first-order valence-electron chi connectivity index (χ1n) is 14.7. The van der Waals surface area contributed by atoms with Gasteiger partial charge in [-0.2, -0.15) is 0 Å². The molecule has 0 aliphatic heterocycles. The van der Waals surface area contributed by atoms with Gasteiger partial charge in [-0.3, -0.25) is 15.0 Å². The molecule has 218 valence electrons. The predicted octanol–water partition coefficient (Wildman–Crippen LogP) is 9.69. The molecule has 0 fully saturated rings. The summed E-state index contributed by atoms with van der Waals surface area (Å²) in [6, 6.07) is 55.3. The number of nitrogens with one attached hydrogen (secondary N) is 1. The van der Waals surface area contributed by atoms with Crippen LogP contribution in [-0.4, -0.2) is 15.0 Å². The lowest BCUT2D eigenvalue weighted by Crippen LogP contribution is -2.12. The number of aromatic nitrogens is 3. The molecule has 6 heteroatoms. The highest BCUT2D eigenvalue weighted by Crippen LogP contribution is 2.37. The standard InChI is InChI=1S/C22H18N3P.C17H14N2/c1-2-10-19(11-3-1)25(26-22-14-5-7-16-24-22)20-12-8-9-18(17-20)21-13-4-6-15-23-21;1-2-8-15(9-3-1)19-16-10-6-7-14(13-16)17-11-4-5-12-18-17/h1-17,26H;1-13,19H. The van der Waals surface area contributed by atoms with E-state index in [9.17, 15) is 0 Å². The van der Waals surface area contributed by atoms with E-state index in [1.807, 2.05) is 110 Å². The lowest BCUT2D eigenvalue weighted by atomic mass is 10.1. The van der Waals surface area contributed by atoms with Crippen LogP contribution in [0.1, 0.15) is 0 Å². The van der Waals surface area contributed by atoms with E-state index in [1.165, 1.54) is 0 Å². The van der Waals surface area contributed by atoms with Crippen molar-refractivity contribution in [3.05, 3.63) is 182 Å². The molecule has 45 heavy (non-hydrogen) atoms. The van der Waals surface area contributed by atoms with Crippen LogP contribution in [0.3, 0.4) is 0 Å². The third-order valence-corrected chi connectivity index (χ3v) is 8.12. The van der Waals surface area contributed by atoms with Gasteiger partial charge in [0.2, 0.25) is 0 Å². The fourth-order valence-electron chi connectivity index (χ4n) is 4.71. The van der Waals surface area contributed by atoms with Crippen molar-refractivity contribution in [3.8, 4) is 22.5 Å². The summed E-state index contributed by atoms with van der Waals surface area (Å²) in [6.07, 6.45) is 5.48. The van der Waals surface area contributed by atoms with Crippen LogP contribution in [0, 0.1) is 0 Å². The van der Waals surface area contributed by atoms with Gasteiger partial charge in [-0.05, 0) is 84.9 Å². The number of rotatable bonds is 8. The Kier molecular flexibility index (Phi) is 9.94. The molecule has 4 aromatic carbocycles. The van der Waals surface area contributed by atoms with Gasteiger partial charge in [0, 0.05) is 61.2 Å². The Morgan fingerprint density at radius 1 is 0.422 bits per heavy atom. The van der Waals surface area contributed by atoms with Crippen molar-refractivity contribution in [1.29, 1.82) is 0 Å². The quantitative estimate of drug-likeness (QED) is 0.176. The first-order chi connectivity index (χ1) is 22.3. The summed E-state index contributed by atoms with van der Waals surface area (Å²) in [5.41, 5.74) is 9.66. The molecule has 1 N–H and O–H groups in total. The van der Waals surface area contributed by atoms with Gasteiger partial charge in [0.05, 0.1) is 16.8 Å². The Morgan fingerprint density at radius 2 is 0.956 bits per heavy atom. The average Bonchev–Trinajstić information content (AvgIpc) is 3.13. The van der Waals surface area contributed by atoms with Gasteiger partial charge in [0.25, 0.3) is 0 Å². The highest BCUT2D eigenvalue weighted by Gasteiger charge is 2.12. The summed E-state index contributed by atoms with van der Waals surface area (Å²) >= 11 is 0. The second-order valence-electron chi connectivity index (χ2n) is 10.0. The third kappa shape index (κ3) is 8.26. The van der Waals surface area contributed by atoms with Crippen molar-refractivity contribution >= 4 is 36.9 Å². The Labute approximate surface area is 266 Å². The topological polar surface area (TPSA) is 53.9 Å². The minimum atomic E-state index is 0.406. The first-order valence-corrected chi connectivity index (χ1v) is 15.6. The van der Waals surface area contributed by atoms with Crippen LogP contribution in [0.15, 0.2) is 182 Å². The van der Waals surface area contributed by atoms with Gasteiger partial charge in [-0.1, -0.05) is 78.9 Å². The van der Waals surface area contributed by atoms with Gasteiger partial charge < -0.3 is 9.99 Å². The molecule has 3 aromatic heterocycles. The van der Waals surface area contributed by atoms with Crippen LogP contribution >= 0.6 is 8.73 Å². The molecule has 0 amide bonds. The van der Waals surface area contributed by atoms with Crippen molar-refractivity contribution in [2.24, 2.45) is 0 Å². The SMILES string of the molecule is c1ccc(N(Pc2ccccn2)c2cccc(-c3ccccn3)c2)cc1.c1ccc(Nc2cccc(-c3ccccn3)c2)cc1. The fourth-order valence-corrected chi connectivity index (χ4v) is 5.79. The molecular formula is C39H32N5P. The number of pyridine rings is 3. The molecule has 7 aromatic rings. The van der Waals surface area contributed by atoms with Gasteiger partial charge in [0.1, 0.15) is 0 Å². The van der Waals surface area contributed by atoms with E-state index in [1.54, 1.807) is 0 Å². The number of hydrogen-bond donors (Lipinski definition) is 1.